The van der Waals surface area contributed by atoms with E-state index in [1.54, 1.807) is 6.92 Å². The third kappa shape index (κ3) is 3.71. The van der Waals surface area contributed by atoms with Gasteiger partial charge in [0.15, 0.2) is 5.16 Å². The molecule has 1 aromatic rings. The zero-order chi connectivity index (χ0) is 13.5. The Labute approximate surface area is 111 Å². The Hall–Kier alpha value is -1.08. The fourth-order valence-corrected chi connectivity index (χ4v) is 2.60. The number of carbonyl (C=O) groups excluding carboxylic acids is 1. The first-order valence-electron chi connectivity index (χ1n) is 6.05. The Morgan fingerprint density at radius 2 is 2.22 bits per heavy atom. The van der Waals surface area contributed by atoms with Gasteiger partial charge in [-0.25, -0.2) is 0 Å². The van der Waals surface area contributed by atoms with E-state index in [-0.39, 0.29) is 11.2 Å². The molecular formula is C11H20N4O2S. The van der Waals surface area contributed by atoms with E-state index in [9.17, 15) is 4.79 Å². The number of nitrogens with two attached hydrogens (primary N) is 1. The molecule has 0 amide bonds. The lowest BCUT2D eigenvalue weighted by Crippen LogP contribution is -2.20. The summed E-state index contributed by atoms with van der Waals surface area (Å²) < 4.78 is 6.87. The maximum atomic E-state index is 11.8. The van der Waals surface area contributed by atoms with E-state index < -0.39 is 0 Å². The van der Waals surface area contributed by atoms with Crippen LogP contribution in [0.4, 0.5) is 0 Å². The highest BCUT2D eigenvalue weighted by Gasteiger charge is 2.23. The van der Waals surface area contributed by atoms with E-state index in [1.165, 1.54) is 11.8 Å². The van der Waals surface area contributed by atoms with Crippen LogP contribution >= 0.6 is 11.8 Å². The molecule has 0 bridgehead atoms. The molecular weight excluding hydrogens is 252 g/mol. The molecule has 1 atom stereocenters. The van der Waals surface area contributed by atoms with Crippen molar-refractivity contribution in [3.05, 3.63) is 5.82 Å². The van der Waals surface area contributed by atoms with Gasteiger partial charge < -0.3 is 15.0 Å². The summed E-state index contributed by atoms with van der Waals surface area (Å²) in [5.41, 5.74) is 5.54. The molecule has 0 aliphatic heterocycles. The van der Waals surface area contributed by atoms with Crippen LogP contribution in [0.5, 0.6) is 0 Å². The minimum absolute atomic E-state index is 0.193. The Morgan fingerprint density at radius 1 is 1.50 bits per heavy atom. The van der Waals surface area contributed by atoms with Gasteiger partial charge >= 0.3 is 5.97 Å². The summed E-state index contributed by atoms with van der Waals surface area (Å²) >= 11 is 1.38. The van der Waals surface area contributed by atoms with Crippen LogP contribution in [-0.2, 0) is 23.1 Å². The molecule has 2 N–H and O–H groups in total. The second-order valence-corrected chi connectivity index (χ2v) is 4.98. The number of rotatable bonds is 7. The van der Waals surface area contributed by atoms with Crippen molar-refractivity contribution in [2.24, 2.45) is 12.8 Å². The van der Waals surface area contributed by atoms with Crippen LogP contribution in [-0.4, -0.2) is 32.6 Å². The van der Waals surface area contributed by atoms with Gasteiger partial charge in [-0.2, -0.15) is 0 Å². The van der Waals surface area contributed by atoms with Gasteiger partial charge in [0.05, 0.1) is 13.2 Å². The number of esters is 1. The van der Waals surface area contributed by atoms with Gasteiger partial charge in [-0.15, -0.1) is 10.2 Å². The lowest BCUT2D eigenvalue weighted by molar-refractivity contribution is -0.142. The maximum Gasteiger partial charge on any atom is 0.319 e. The molecule has 0 aliphatic carbocycles. The van der Waals surface area contributed by atoms with Crippen molar-refractivity contribution in [1.29, 1.82) is 0 Å². The lowest BCUT2D eigenvalue weighted by Gasteiger charge is -2.13. The third-order valence-corrected chi connectivity index (χ3v) is 3.73. The topological polar surface area (TPSA) is 83.0 Å². The monoisotopic (exact) mass is 272 g/mol. The summed E-state index contributed by atoms with van der Waals surface area (Å²) in [7, 11) is 1.85. The van der Waals surface area contributed by atoms with Crippen molar-refractivity contribution in [1.82, 2.24) is 14.8 Å². The second kappa shape index (κ2) is 7.38. The van der Waals surface area contributed by atoms with Gasteiger partial charge in [-0.05, 0) is 13.3 Å². The van der Waals surface area contributed by atoms with Gasteiger partial charge in [0.25, 0.3) is 0 Å². The van der Waals surface area contributed by atoms with Crippen molar-refractivity contribution in [3.8, 4) is 0 Å². The van der Waals surface area contributed by atoms with Crippen LogP contribution in [0.15, 0.2) is 5.16 Å². The largest absolute Gasteiger partial charge is 0.465 e. The average molecular weight is 272 g/mol. The molecule has 1 unspecified atom stereocenters. The Balaban J connectivity index is 2.76. The minimum atomic E-state index is -0.233. The van der Waals surface area contributed by atoms with E-state index >= 15 is 0 Å². The first-order chi connectivity index (χ1) is 8.63. The molecule has 1 aromatic heterocycles. The highest BCUT2D eigenvalue weighted by Crippen LogP contribution is 2.25. The fourth-order valence-electron chi connectivity index (χ4n) is 1.47. The number of hydrogen-bond donors (Lipinski definition) is 1. The summed E-state index contributed by atoms with van der Waals surface area (Å²) in [6.07, 6.45) is 1.67. The van der Waals surface area contributed by atoms with E-state index in [1.807, 2.05) is 18.5 Å². The standard InChI is InChI=1S/C11H20N4O2S/c1-4-6-8(10(16)17-5-2)18-11-14-13-9(7-12)15(11)3/h8H,4-7,12H2,1-3H3. The number of carbonyl (C=O) groups is 1. The van der Waals surface area contributed by atoms with Crippen LogP contribution in [0.1, 0.15) is 32.5 Å². The fraction of sp³-hybridized carbons (Fsp3) is 0.727. The Kier molecular flexibility index (Phi) is 6.14. The predicted molar refractivity (Wildman–Crippen MR) is 70.1 cm³/mol. The third-order valence-electron chi connectivity index (χ3n) is 2.46. The zero-order valence-corrected chi connectivity index (χ0v) is 11.9. The van der Waals surface area contributed by atoms with Gasteiger partial charge in [0.1, 0.15) is 11.1 Å². The van der Waals surface area contributed by atoms with E-state index in [0.29, 0.717) is 24.1 Å². The van der Waals surface area contributed by atoms with Crippen LogP contribution < -0.4 is 5.73 Å². The predicted octanol–water partition coefficient (Wildman–Crippen LogP) is 1.10. The normalized spacial score (nSPS) is 12.4. The minimum Gasteiger partial charge on any atom is -0.465 e. The maximum absolute atomic E-state index is 11.8. The van der Waals surface area contributed by atoms with Gasteiger partial charge in [-0.1, -0.05) is 25.1 Å². The number of nitrogens with zero attached hydrogens (tertiary/aromatic N) is 3. The molecule has 18 heavy (non-hydrogen) atoms. The highest BCUT2D eigenvalue weighted by molar-refractivity contribution is 8.00. The molecule has 0 spiro atoms. The van der Waals surface area contributed by atoms with Crippen LogP contribution in [0, 0.1) is 0 Å². The molecule has 0 fully saturated rings. The lowest BCUT2D eigenvalue weighted by atomic mass is 10.2. The Morgan fingerprint density at radius 3 is 2.72 bits per heavy atom. The smallest absolute Gasteiger partial charge is 0.319 e. The number of aromatic nitrogens is 3. The molecule has 0 aromatic carbocycles. The molecule has 0 saturated heterocycles. The van der Waals surface area contributed by atoms with Crippen molar-refractivity contribution in [2.75, 3.05) is 6.61 Å². The van der Waals surface area contributed by atoms with Gasteiger partial charge in [-0.3, -0.25) is 4.79 Å². The number of ether oxygens (including phenoxy) is 1. The van der Waals surface area contributed by atoms with Crippen LogP contribution in [0.2, 0.25) is 0 Å². The first kappa shape index (κ1) is 15.0. The summed E-state index contributed by atoms with van der Waals surface area (Å²) in [6.45, 7) is 4.57. The molecule has 1 heterocycles. The molecule has 102 valence electrons. The van der Waals surface area contributed by atoms with Crippen molar-refractivity contribution >= 4 is 17.7 Å². The molecule has 0 aliphatic rings. The van der Waals surface area contributed by atoms with Crippen LogP contribution in [0.3, 0.4) is 0 Å². The number of thioether (sulfide) groups is 1. The zero-order valence-electron chi connectivity index (χ0n) is 11.0. The van der Waals surface area contributed by atoms with E-state index in [2.05, 4.69) is 10.2 Å². The molecule has 0 radical (unpaired) electrons. The van der Waals surface area contributed by atoms with Crippen molar-refractivity contribution in [2.45, 2.75) is 43.6 Å². The molecule has 6 nitrogen and oxygen atoms in total. The number of hydrogen-bond acceptors (Lipinski definition) is 6. The summed E-state index contributed by atoms with van der Waals surface area (Å²) in [5, 5.41) is 8.47. The van der Waals surface area contributed by atoms with Gasteiger partial charge in [0, 0.05) is 7.05 Å². The first-order valence-corrected chi connectivity index (χ1v) is 6.93. The highest BCUT2D eigenvalue weighted by atomic mass is 32.2. The molecule has 0 saturated carbocycles. The molecule has 1 rings (SSSR count). The van der Waals surface area contributed by atoms with E-state index in [4.69, 9.17) is 10.5 Å². The van der Waals surface area contributed by atoms with Gasteiger partial charge in [0.2, 0.25) is 0 Å². The second-order valence-electron chi connectivity index (χ2n) is 3.81. The average Bonchev–Trinajstić information content (AvgIpc) is 2.70. The summed E-state index contributed by atoms with van der Waals surface area (Å²) in [4.78, 5) is 11.8. The quantitative estimate of drug-likeness (QED) is 0.591. The summed E-state index contributed by atoms with van der Waals surface area (Å²) in [6, 6.07) is 0. The van der Waals surface area contributed by atoms with Crippen molar-refractivity contribution in [3.63, 3.8) is 0 Å². The van der Waals surface area contributed by atoms with E-state index in [0.717, 1.165) is 12.8 Å². The Bertz CT molecular complexity index is 394. The van der Waals surface area contributed by atoms with Crippen LogP contribution in [0.25, 0.3) is 0 Å². The summed E-state index contributed by atoms with van der Waals surface area (Å²) in [5.74, 6) is 0.512. The SMILES string of the molecule is CCCC(Sc1nnc(CN)n1C)C(=O)OCC. The van der Waals surface area contributed by atoms with Crippen molar-refractivity contribution < 1.29 is 9.53 Å². The molecule has 7 heteroatoms.